The lowest BCUT2D eigenvalue weighted by Crippen LogP contribution is -2.04. The highest BCUT2D eigenvalue weighted by Gasteiger charge is 2.03. The molecule has 1 aromatic rings. The predicted octanol–water partition coefficient (Wildman–Crippen LogP) is 1.29. The molecule has 0 aliphatic rings. The van der Waals surface area contributed by atoms with Crippen LogP contribution in [0.3, 0.4) is 0 Å². The van der Waals surface area contributed by atoms with Crippen LogP contribution in [-0.4, -0.2) is 40.9 Å². The van der Waals surface area contributed by atoms with Crippen LogP contribution in [0.1, 0.15) is 6.42 Å². The highest BCUT2D eigenvalue weighted by atomic mass is 32.2. The van der Waals surface area contributed by atoms with Crippen molar-refractivity contribution < 1.29 is 13.0 Å². The van der Waals surface area contributed by atoms with Gasteiger partial charge in [0.2, 0.25) is 0 Å². The third-order valence-corrected chi connectivity index (χ3v) is 5.23. The second-order valence-electron chi connectivity index (χ2n) is 2.50. The highest BCUT2D eigenvalue weighted by molar-refractivity contribution is 8.03. The molecule has 0 fully saturated rings. The summed E-state index contributed by atoms with van der Waals surface area (Å²) in [6, 6.07) is 0. The van der Waals surface area contributed by atoms with Gasteiger partial charge >= 0.3 is 0 Å². The number of hydrogen-bond donors (Lipinski definition) is 0. The Morgan fingerprint density at radius 3 is 2.60 bits per heavy atom. The van der Waals surface area contributed by atoms with Crippen LogP contribution >= 0.6 is 34.9 Å². The molecule has 5 nitrogen and oxygen atoms in total. The second-order valence-corrected chi connectivity index (χ2v) is 7.40. The number of aromatic nitrogens is 2. The summed E-state index contributed by atoms with van der Waals surface area (Å²) in [4.78, 5) is 0. The van der Waals surface area contributed by atoms with E-state index >= 15 is 0 Å². The van der Waals surface area contributed by atoms with Crippen molar-refractivity contribution in [2.45, 2.75) is 15.1 Å². The molecule has 0 radical (unpaired) electrons. The first-order chi connectivity index (χ1) is 7.01. The third-order valence-electron chi connectivity index (χ3n) is 1.33. The molecule has 0 unspecified atom stereocenters. The van der Waals surface area contributed by atoms with Gasteiger partial charge in [0.25, 0.3) is 0 Å². The summed E-state index contributed by atoms with van der Waals surface area (Å²) in [5.41, 5.74) is 0. The molecule has 0 saturated heterocycles. The molecule has 0 bridgehead atoms. The summed E-state index contributed by atoms with van der Waals surface area (Å²) < 4.78 is 32.6. The predicted molar refractivity (Wildman–Crippen MR) is 61.6 cm³/mol. The summed E-state index contributed by atoms with van der Waals surface area (Å²) in [6.07, 6.45) is 2.27. The minimum absolute atomic E-state index is 0.311. The number of hydrogen-bond acceptors (Lipinski definition) is 8. The maximum atomic E-state index is 10.3. The van der Waals surface area contributed by atoms with Crippen molar-refractivity contribution in [1.82, 2.24) is 10.2 Å². The van der Waals surface area contributed by atoms with Crippen molar-refractivity contribution in [3.8, 4) is 0 Å². The Balaban J connectivity index is 2.26. The van der Waals surface area contributed by atoms with Crippen LogP contribution in [0.2, 0.25) is 0 Å². The van der Waals surface area contributed by atoms with Crippen LogP contribution in [0.15, 0.2) is 8.68 Å². The smallest absolute Gasteiger partial charge is 0.175 e. The molecule has 0 aromatic carbocycles. The quantitative estimate of drug-likeness (QED) is 0.442. The van der Waals surface area contributed by atoms with E-state index in [0.29, 0.717) is 12.2 Å². The van der Waals surface area contributed by atoms with E-state index in [2.05, 4.69) is 10.2 Å². The van der Waals surface area contributed by atoms with Crippen LogP contribution in [0, 0.1) is 0 Å². The van der Waals surface area contributed by atoms with Crippen molar-refractivity contribution in [2.24, 2.45) is 0 Å². The van der Waals surface area contributed by atoms with Gasteiger partial charge in [-0.15, -0.1) is 10.2 Å². The van der Waals surface area contributed by atoms with E-state index < -0.39 is 10.1 Å². The molecule has 86 valence electrons. The zero-order valence-electron chi connectivity index (χ0n) is 7.87. The van der Waals surface area contributed by atoms with E-state index in [1.807, 2.05) is 6.26 Å². The lowest BCUT2D eigenvalue weighted by molar-refractivity contribution is 0.462. The first-order valence-electron chi connectivity index (χ1n) is 3.95. The van der Waals surface area contributed by atoms with Crippen molar-refractivity contribution in [1.29, 1.82) is 0 Å². The molecule has 15 heavy (non-hydrogen) atoms. The zero-order valence-corrected chi connectivity index (χ0v) is 11.1. The van der Waals surface area contributed by atoms with Gasteiger partial charge in [-0.25, -0.2) is 8.42 Å². The fourth-order valence-corrected chi connectivity index (χ4v) is 3.86. The van der Waals surface area contributed by atoms with Gasteiger partial charge in [0, 0.05) is 11.5 Å². The monoisotopic (exact) mass is 285 g/mol. The van der Waals surface area contributed by atoms with Gasteiger partial charge in [-0.05, 0) is 12.7 Å². The van der Waals surface area contributed by atoms with Crippen LogP contribution in [-0.2, 0) is 10.1 Å². The molecule has 0 spiro atoms. The summed E-state index contributed by atoms with van der Waals surface area (Å²) in [7, 11) is -4.08. The number of nitrogens with zero attached hydrogens (tertiary/aromatic N) is 2. The van der Waals surface area contributed by atoms with Gasteiger partial charge in [-0.1, -0.05) is 34.9 Å². The van der Waals surface area contributed by atoms with Gasteiger partial charge in [0.1, 0.15) is 0 Å². The number of thioether (sulfide) groups is 2. The largest absolute Gasteiger partial charge is 0.748 e. The highest BCUT2D eigenvalue weighted by Crippen LogP contribution is 2.27. The van der Waals surface area contributed by atoms with E-state index in [-0.39, 0.29) is 5.75 Å². The van der Waals surface area contributed by atoms with Gasteiger partial charge in [-0.3, -0.25) is 0 Å². The molecule has 1 heterocycles. The normalized spacial score (nSPS) is 11.9. The minimum Gasteiger partial charge on any atom is -0.748 e. The standard InChI is InChI=1S/C6H10N2O3S4/c1-12-5-7-8-6(14-5)13-3-2-4-15(9,10)11/h2-4H2,1H3,(H,9,10,11)/p-1. The lowest BCUT2D eigenvalue weighted by atomic mass is 10.6. The molecular weight excluding hydrogens is 276 g/mol. The summed E-state index contributed by atoms with van der Waals surface area (Å²) >= 11 is 4.41. The van der Waals surface area contributed by atoms with Crippen molar-refractivity contribution >= 4 is 45.0 Å². The zero-order chi connectivity index (χ0) is 11.3. The molecule has 0 aliphatic heterocycles. The van der Waals surface area contributed by atoms with Gasteiger partial charge in [-0.2, -0.15) is 0 Å². The molecule has 0 atom stereocenters. The maximum absolute atomic E-state index is 10.3. The SMILES string of the molecule is CSc1nnc(SCCCS(=O)(=O)[O-])s1. The Morgan fingerprint density at radius 2 is 2.07 bits per heavy atom. The molecule has 0 aliphatic carbocycles. The topological polar surface area (TPSA) is 83.0 Å². The molecule has 1 aromatic heterocycles. The van der Waals surface area contributed by atoms with E-state index in [4.69, 9.17) is 0 Å². The molecule has 0 N–H and O–H groups in total. The van der Waals surface area contributed by atoms with E-state index in [0.717, 1.165) is 8.68 Å². The first kappa shape index (κ1) is 13.2. The third kappa shape index (κ3) is 5.71. The molecule has 1 rings (SSSR count). The number of rotatable bonds is 6. The summed E-state index contributed by atoms with van der Waals surface area (Å²) in [5.74, 6) is 0.263. The second kappa shape index (κ2) is 6.04. The Labute approximate surface area is 101 Å². The van der Waals surface area contributed by atoms with Crippen LogP contribution in [0.25, 0.3) is 0 Å². The molecular formula is C6H9N2O3S4-. The first-order valence-corrected chi connectivity index (χ1v) is 8.55. The minimum atomic E-state index is -4.08. The summed E-state index contributed by atoms with van der Waals surface area (Å²) in [5, 5.41) is 7.80. The average Bonchev–Trinajstić information content (AvgIpc) is 2.59. The fraction of sp³-hybridized carbons (Fsp3) is 0.667. The molecule has 0 amide bonds. The van der Waals surface area contributed by atoms with E-state index in [1.54, 1.807) is 0 Å². The van der Waals surface area contributed by atoms with Gasteiger partial charge in [0.05, 0.1) is 10.1 Å². The Bertz CT molecular complexity index is 402. The van der Waals surface area contributed by atoms with E-state index in [1.165, 1.54) is 34.9 Å². The molecule has 0 saturated carbocycles. The maximum Gasteiger partial charge on any atom is 0.175 e. The Kier molecular flexibility index (Phi) is 5.33. The van der Waals surface area contributed by atoms with Crippen LogP contribution in [0.5, 0.6) is 0 Å². The Hall–Kier alpha value is 0.170. The summed E-state index contributed by atoms with van der Waals surface area (Å²) in [6.45, 7) is 0. The average molecular weight is 285 g/mol. The van der Waals surface area contributed by atoms with Crippen LogP contribution in [0.4, 0.5) is 0 Å². The Morgan fingerprint density at radius 1 is 1.40 bits per heavy atom. The van der Waals surface area contributed by atoms with Crippen molar-refractivity contribution in [2.75, 3.05) is 17.8 Å². The van der Waals surface area contributed by atoms with Gasteiger partial charge < -0.3 is 4.55 Å². The molecule has 9 heteroatoms. The van der Waals surface area contributed by atoms with Crippen LogP contribution < -0.4 is 0 Å². The lowest BCUT2D eigenvalue weighted by Gasteiger charge is -2.04. The van der Waals surface area contributed by atoms with Crippen molar-refractivity contribution in [3.05, 3.63) is 0 Å². The van der Waals surface area contributed by atoms with E-state index in [9.17, 15) is 13.0 Å². The van der Waals surface area contributed by atoms with Crippen molar-refractivity contribution in [3.63, 3.8) is 0 Å². The van der Waals surface area contributed by atoms with Gasteiger partial charge in [0.15, 0.2) is 8.68 Å². The fourth-order valence-electron chi connectivity index (χ4n) is 0.733.